The van der Waals surface area contributed by atoms with Gasteiger partial charge in [-0.1, -0.05) is 26.0 Å². The van der Waals surface area contributed by atoms with Crippen molar-refractivity contribution in [3.8, 4) is 0 Å². The molecule has 2 N–H and O–H groups in total. The first kappa shape index (κ1) is 19.2. The van der Waals surface area contributed by atoms with Crippen LogP contribution in [0.25, 0.3) is 0 Å². The first-order chi connectivity index (χ1) is 11.9. The summed E-state index contributed by atoms with van der Waals surface area (Å²) in [5, 5.41) is 5.86. The summed E-state index contributed by atoms with van der Waals surface area (Å²) in [7, 11) is 0. The molecule has 2 rings (SSSR count). The third-order valence-corrected chi connectivity index (χ3v) is 4.42. The summed E-state index contributed by atoms with van der Waals surface area (Å²) in [4.78, 5) is 25.8. The molecule has 25 heavy (non-hydrogen) atoms. The van der Waals surface area contributed by atoms with E-state index in [1.807, 2.05) is 49.9 Å². The van der Waals surface area contributed by atoms with Gasteiger partial charge in [-0.15, -0.1) is 0 Å². The lowest BCUT2D eigenvalue weighted by Gasteiger charge is -2.37. The van der Waals surface area contributed by atoms with Crippen LogP contribution in [0.1, 0.15) is 52.1 Å². The van der Waals surface area contributed by atoms with Gasteiger partial charge >= 0.3 is 6.03 Å². The molecule has 0 radical (unpaired) electrons. The second kappa shape index (κ2) is 8.85. The number of anilines is 1. The molecular formula is C19H29N3O3. The molecule has 138 valence electrons. The molecule has 0 aromatic heterocycles. The molecule has 6 nitrogen and oxygen atoms in total. The Morgan fingerprint density at radius 2 is 1.92 bits per heavy atom. The lowest BCUT2D eigenvalue weighted by Crippen LogP contribution is -2.52. The zero-order valence-electron chi connectivity index (χ0n) is 15.5. The summed E-state index contributed by atoms with van der Waals surface area (Å²) < 4.78 is 5.80. The fourth-order valence-electron chi connectivity index (χ4n) is 2.90. The summed E-state index contributed by atoms with van der Waals surface area (Å²) in [6.45, 7) is 9.07. The van der Waals surface area contributed by atoms with Crippen molar-refractivity contribution in [2.45, 2.75) is 58.8 Å². The minimum Gasteiger partial charge on any atom is -0.372 e. The van der Waals surface area contributed by atoms with Gasteiger partial charge in [0.25, 0.3) is 0 Å². The van der Waals surface area contributed by atoms with Gasteiger partial charge in [-0.3, -0.25) is 4.79 Å². The standard InChI is InChI=1S/C19H29N3O3/c1-5-17-12-22(11-13(3)25-17)19(24)20-14(4)15-7-9-16(10-8-15)21-18(23)6-2/h7-10,13-14,17H,5-6,11-12H2,1-4H3,(H,20,24)(H,21,23). The van der Waals surface area contributed by atoms with Gasteiger partial charge in [0.05, 0.1) is 18.2 Å². The van der Waals surface area contributed by atoms with Gasteiger partial charge in [-0.05, 0) is 38.0 Å². The lowest BCUT2D eigenvalue weighted by atomic mass is 10.1. The van der Waals surface area contributed by atoms with Gasteiger partial charge in [0.1, 0.15) is 0 Å². The average Bonchev–Trinajstić information content (AvgIpc) is 2.61. The van der Waals surface area contributed by atoms with Crippen LogP contribution in [0.15, 0.2) is 24.3 Å². The van der Waals surface area contributed by atoms with E-state index >= 15 is 0 Å². The van der Waals surface area contributed by atoms with E-state index in [2.05, 4.69) is 17.6 Å². The zero-order valence-corrected chi connectivity index (χ0v) is 15.5. The monoisotopic (exact) mass is 347 g/mol. The number of morpholine rings is 1. The van der Waals surface area contributed by atoms with E-state index in [9.17, 15) is 9.59 Å². The summed E-state index contributed by atoms with van der Waals surface area (Å²) in [5.74, 6) is -0.0129. The van der Waals surface area contributed by atoms with Crippen molar-refractivity contribution in [1.29, 1.82) is 0 Å². The molecule has 3 atom stereocenters. The zero-order chi connectivity index (χ0) is 18.4. The Labute approximate surface area is 149 Å². The Kier molecular flexibility index (Phi) is 6.82. The Bertz CT molecular complexity index is 588. The molecule has 0 saturated carbocycles. The van der Waals surface area contributed by atoms with Crippen molar-refractivity contribution in [2.75, 3.05) is 18.4 Å². The third-order valence-electron chi connectivity index (χ3n) is 4.42. The number of ether oxygens (including phenoxy) is 1. The number of amides is 3. The van der Waals surface area contributed by atoms with Crippen molar-refractivity contribution < 1.29 is 14.3 Å². The molecular weight excluding hydrogens is 318 g/mol. The Hall–Kier alpha value is -2.08. The van der Waals surface area contributed by atoms with E-state index in [0.29, 0.717) is 19.5 Å². The number of benzene rings is 1. The molecule has 0 bridgehead atoms. The molecule has 1 saturated heterocycles. The number of nitrogens with zero attached hydrogens (tertiary/aromatic N) is 1. The maximum absolute atomic E-state index is 12.5. The normalized spacial score (nSPS) is 21.5. The number of hydrogen-bond acceptors (Lipinski definition) is 3. The van der Waals surface area contributed by atoms with Crippen LogP contribution in [-0.4, -0.2) is 42.1 Å². The molecule has 1 heterocycles. The summed E-state index contributed by atoms with van der Waals surface area (Å²) in [6, 6.07) is 7.39. The maximum Gasteiger partial charge on any atom is 0.318 e. The molecule has 0 aliphatic carbocycles. The highest BCUT2D eigenvalue weighted by Gasteiger charge is 2.28. The number of urea groups is 1. The molecule has 1 aliphatic heterocycles. The van der Waals surface area contributed by atoms with Crippen molar-refractivity contribution in [1.82, 2.24) is 10.2 Å². The molecule has 1 aliphatic rings. The van der Waals surface area contributed by atoms with Crippen molar-refractivity contribution in [2.24, 2.45) is 0 Å². The van der Waals surface area contributed by atoms with E-state index in [4.69, 9.17) is 4.74 Å². The molecule has 3 unspecified atom stereocenters. The van der Waals surface area contributed by atoms with Crippen molar-refractivity contribution in [3.63, 3.8) is 0 Å². The molecule has 1 aromatic carbocycles. The minimum absolute atomic E-state index is 0.0129. The molecule has 0 spiro atoms. The van der Waals surface area contributed by atoms with Crippen LogP contribution in [0.3, 0.4) is 0 Å². The van der Waals surface area contributed by atoms with Crippen LogP contribution in [0.5, 0.6) is 0 Å². The van der Waals surface area contributed by atoms with E-state index < -0.39 is 0 Å². The van der Waals surface area contributed by atoms with Crippen LogP contribution in [0.4, 0.5) is 10.5 Å². The highest BCUT2D eigenvalue weighted by atomic mass is 16.5. The second-order valence-electron chi connectivity index (χ2n) is 6.58. The molecule has 3 amide bonds. The van der Waals surface area contributed by atoms with E-state index in [0.717, 1.165) is 17.7 Å². The lowest BCUT2D eigenvalue weighted by molar-refractivity contribution is -0.115. The number of rotatable bonds is 5. The van der Waals surface area contributed by atoms with Crippen LogP contribution in [-0.2, 0) is 9.53 Å². The number of carbonyl (C=O) groups excluding carboxylic acids is 2. The van der Waals surface area contributed by atoms with E-state index in [1.54, 1.807) is 0 Å². The highest BCUT2D eigenvalue weighted by molar-refractivity contribution is 5.90. The fraction of sp³-hybridized carbons (Fsp3) is 0.579. The quantitative estimate of drug-likeness (QED) is 0.858. The highest BCUT2D eigenvalue weighted by Crippen LogP contribution is 2.18. The molecule has 1 aromatic rings. The predicted octanol–water partition coefficient (Wildman–Crippen LogP) is 3.31. The van der Waals surface area contributed by atoms with Gasteiger partial charge in [0.15, 0.2) is 0 Å². The number of hydrogen-bond donors (Lipinski definition) is 2. The Balaban J connectivity index is 1.93. The van der Waals surface area contributed by atoms with Gasteiger partial charge in [0, 0.05) is 25.2 Å². The van der Waals surface area contributed by atoms with Gasteiger partial charge in [0.2, 0.25) is 5.91 Å². The van der Waals surface area contributed by atoms with Crippen LogP contribution in [0, 0.1) is 0 Å². The third kappa shape index (κ3) is 5.46. The second-order valence-corrected chi connectivity index (χ2v) is 6.58. The molecule has 6 heteroatoms. The minimum atomic E-state index is -0.110. The first-order valence-corrected chi connectivity index (χ1v) is 9.03. The Morgan fingerprint density at radius 3 is 2.52 bits per heavy atom. The summed E-state index contributed by atoms with van der Waals surface area (Å²) in [5.41, 5.74) is 1.76. The topological polar surface area (TPSA) is 70.7 Å². The smallest absolute Gasteiger partial charge is 0.318 e. The number of carbonyl (C=O) groups is 2. The van der Waals surface area contributed by atoms with Crippen LogP contribution >= 0.6 is 0 Å². The SMILES string of the molecule is CCC(=O)Nc1ccc(C(C)NC(=O)N2CC(C)OC(CC)C2)cc1. The van der Waals surface area contributed by atoms with Crippen molar-refractivity contribution in [3.05, 3.63) is 29.8 Å². The van der Waals surface area contributed by atoms with Crippen LogP contribution in [0.2, 0.25) is 0 Å². The van der Waals surface area contributed by atoms with Crippen LogP contribution < -0.4 is 10.6 Å². The first-order valence-electron chi connectivity index (χ1n) is 9.03. The van der Waals surface area contributed by atoms with Gasteiger partial charge in [-0.2, -0.15) is 0 Å². The average molecular weight is 347 g/mol. The fourth-order valence-corrected chi connectivity index (χ4v) is 2.90. The maximum atomic E-state index is 12.5. The van der Waals surface area contributed by atoms with E-state index in [-0.39, 0.29) is 30.2 Å². The Morgan fingerprint density at radius 1 is 1.24 bits per heavy atom. The summed E-state index contributed by atoms with van der Waals surface area (Å²) >= 11 is 0. The van der Waals surface area contributed by atoms with E-state index in [1.165, 1.54) is 0 Å². The largest absolute Gasteiger partial charge is 0.372 e. The van der Waals surface area contributed by atoms with Gasteiger partial charge in [-0.25, -0.2) is 4.79 Å². The number of nitrogens with one attached hydrogen (secondary N) is 2. The molecule has 1 fully saturated rings. The van der Waals surface area contributed by atoms with Crippen molar-refractivity contribution >= 4 is 17.6 Å². The summed E-state index contributed by atoms with van der Waals surface area (Å²) in [6.07, 6.45) is 1.51. The van der Waals surface area contributed by atoms with Gasteiger partial charge < -0.3 is 20.3 Å². The predicted molar refractivity (Wildman–Crippen MR) is 98.5 cm³/mol.